The van der Waals surface area contributed by atoms with Gasteiger partial charge >= 0.3 is 0 Å². The lowest BCUT2D eigenvalue weighted by molar-refractivity contribution is 0.0646. The monoisotopic (exact) mass is 439 g/mol. The number of benzene rings is 1. The van der Waals surface area contributed by atoms with Gasteiger partial charge in [-0.05, 0) is 75.2 Å². The van der Waals surface area contributed by atoms with Gasteiger partial charge in [-0.3, -0.25) is 4.79 Å². The van der Waals surface area contributed by atoms with Crippen LogP contribution in [0, 0.1) is 0 Å². The third-order valence-corrected chi connectivity index (χ3v) is 7.19. The quantitative estimate of drug-likeness (QED) is 0.471. The van der Waals surface area contributed by atoms with Crippen LogP contribution in [0.2, 0.25) is 0 Å². The van der Waals surface area contributed by atoms with E-state index in [9.17, 15) is 4.79 Å². The van der Waals surface area contributed by atoms with Crippen molar-refractivity contribution in [1.82, 2.24) is 24.0 Å². The first-order valence-corrected chi connectivity index (χ1v) is 12.0. The fraction of sp³-hybridized carbons (Fsp3) is 0.333. The van der Waals surface area contributed by atoms with Gasteiger partial charge in [-0.1, -0.05) is 24.3 Å². The summed E-state index contributed by atoms with van der Waals surface area (Å²) in [6.07, 6.45) is 8.77. The summed E-state index contributed by atoms with van der Waals surface area (Å²) in [5.41, 5.74) is 4.51. The Morgan fingerprint density at radius 1 is 0.848 bits per heavy atom. The van der Waals surface area contributed by atoms with Gasteiger partial charge in [-0.25, -0.2) is 4.68 Å². The van der Waals surface area contributed by atoms with Gasteiger partial charge in [0.05, 0.1) is 22.5 Å². The van der Waals surface area contributed by atoms with Crippen LogP contribution in [-0.4, -0.2) is 62.1 Å². The average molecular weight is 440 g/mol. The zero-order chi connectivity index (χ0) is 22.2. The van der Waals surface area contributed by atoms with E-state index in [1.54, 1.807) is 0 Å². The number of carbonyl (C=O) groups is 1. The normalized spacial score (nSPS) is 17.8. The third-order valence-electron chi connectivity index (χ3n) is 7.19. The predicted octanol–water partition coefficient (Wildman–Crippen LogP) is 4.49. The number of pyridine rings is 1. The van der Waals surface area contributed by atoms with Crippen molar-refractivity contribution < 1.29 is 4.79 Å². The van der Waals surface area contributed by atoms with Gasteiger partial charge in [0.15, 0.2) is 0 Å². The summed E-state index contributed by atoms with van der Waals surface area (Å²) in [6.45, 7) is 4.12. The zero-order valence-electron chi connectivity index (χ0n) is 18.8. The molecule has 0 saturated carbocycles. The van der Waals surface area contributed by atoms with Crippen molar-refractivity contribution in [2.24, 2.45) is 0 Å². The van der Waals surface area contributed by atoms with Crippen LogP contribution >= 0.6 is 0 Å². The molecular weight excluding hydrogens is 410 g/mol. The topological polar surface area (TPSA) is 45.8 Å². The molecule has 6 rings (SSSR count). The molecule has 0 aliphatic carbocycles. The maximum absolute atomic E-state index is 13.6. The molecule has 0 spiro atoms. The minimum Gasteiger partial charge on any atom is -0.338 e. The first-order valence-electron chi connectivity index (χ1n) is 12.0. The van der Waals surface area contributed by atoms with Gasteiger partial charge in [0.25, 0.3) is 5.91 Å². The number of amides is 1. The molecule has 0 atom stereocenters. The van der Waals surface area contributed by atoms with Crippen molar-refractivity contribution in [3.8, 4) is 17.1 Å². The molecule has 33 heavy (non-hydrogen) atoms. The Labute approximate surface area is 194 Å². The van der Waals surface area contributed by atoms with Crippen LogP contribution in [-0.2, 0) is 0 Å². The summed E-state index contributed by atoms with van der Waals surface area (Å²) in [4.78, 5) is 18.3. The van der Waals surface area contributed by atoms with Gasteiger partial charge < -0.3 is 14.2 Å². The first-order chi connectivity index (χ1) is 16.3. The molecule has 2 aliphatic rings. The maximum Gasteiger partial charge on any atom is 0.256 e. The van der Waals surface area contributed by atoms with E-state index in [4.69, 9.17) is 5.10 Å². The number of likely N-dealkylation sites (tertiary alicyclic amines) is 2. The molecule has 0 bridgehead atoms. The summed E-state index contributed by atoms with van der Waals surface area (Å²) < 4.78 is 3.96. The van der Waals surface area contributed by atoms with E-state index in [2.05, 4.69) is 9.30 Å². The number of fused-ring (bicyclic) bond motifs is 1. The van der Waals surface area contributed by atoms with E-state index in [1.807, 2.05) is 82.6 Å². The Balaban J connectivity index is 1.28. The molecule has 6 heteroatoms. The molecule has 5 heterocycles. The van der Waals surface area contributed by atoms with Crippen LogP contribution < -0.4 is 0 Å². The zero-order valence-corrected chi connectivity index (χ0v) is 18.8. The Morgan fingerprint density at radius 2 is 1.61 bits per heavy atom. The minimum absolute atomic E-state index is 0.132. The SMILES string of the molecule is O=C(c1cc(-c2ccn(-c3ccccc3)n2)n2ccccc12)N1CCC(N2CCCC2)CC1. The molecule has 3 aromatic heterocycles. The van der Waals surface area contributed by atoms with Crippen LogP contribution in [0.1, 0.15) is 36.0 Å². The summed E-state index contributed by atoms with van der Waals surface area (Å²) >= 11 is 0. The van der Waals surface area contributed by atoms with E-state index in [-0.39, 0.29) is 5.91 Å². The second kappa shape index (κ2) is 8.52. The number of aromatic nitrogens is 3. The Bertz CT molecular complexity index is 1260. The van der Waals surface area contributed by atoms with Crippen molar-refractivity contribution in [2.45, 2.75) is 31.7 Å². The van der Waals surface area contributed by atoms with E-state index in [0.717, 1.165) is 54.1 Å². The Kier molecular flexibility index (Phi) is 5.23. The molecule has 2 saturated heterocycles. The van der Waals surface area contributed by atoms with Crippen molar-refractivity contribution in [1.29, 1.82) is 0 Å². The minimum atomic E-state index is 0.132. The molecule has 0 radical (unpaired) electrons. The number of piperidine rings is 1. The number of hydrogen-bond donors (Lipinski definition) is 0. The van der Waals surface area contributed by atoms with Gasteiger partial charge in [-0.2, -0.15) is 5.10 Å². The van der Waals surface area contributed by atoms with Crippen molar-refractivity contribution >= 4 is 11.4 Å². The highest BCUT2D eigenvalue weighted by Gasteiger charge is 2.30. The molecule has 168 valence electrons. The van der Waals surface area contributed by atoms with Crippen LogP contribution in [0.4, 0.5) is 0 Å². The number of para-hydroxylation sites is 1. The lowest BCUT2D eigenvalue weighted by Gasteiger charge is -2.36. The van der Waals surface area contributed by atoms with Crippen molar-refractivity contribution in [3.05, 3.63) is 78.6 Å². The highest BCUT2D eigenvalue weighted by atomic mass is 16.2. The van der Waals surface area contributed by atoms with Gasteiger partial charge in [0.1, 0.15) is 5.69 Å². The highest BCUT2D eigenvalue weighted by Crippen LogP contribution is 2.28. The molecular formula is C27H29N5O. The molecule has 0 N–H and O–H groups in total. The van der Waals surface area contributed by atoms with Gasteiger partial charge in [0.2, 0.25) is 0 Å². The van der Waals surface area contributed by atoms with Crippen molar-refractivity contribution in [3.63, 3.8) is 0 Å². The standard InChI is InChI=1S/C27H29N5O/c33-27(30-17-11-21(12-18-30)29-14-6-7-15-29)23-20-26(31-16-5-4-10-25(23)31)24-13-19-32(28-24)22-8-2-1-3-9-22/h1-5,8-10,13,16,19-21H,6-7,11-12,14-15,17-18H2. The number of rotatable bonds is 4. The molecule has 4 aromatic rings. The van der Waals surface area contributed by atoms with Crippen LogP contribution in [0.5, 0.6) is 0 Å². The smallest absolute Gasteiger partial charge is 0.256 e. The number of carbonyl (C=O) groups excluding carboxylic acids is 1. The average Bonchev–Trinajstić information content (AvgIpc) is 3.64. The summed E-state index contributed by atoms with van der Waals surface area (Å²) in [5, 5.41) is 4.81. The first kappa shape index (κ1) is 20.2. The molecule has 1 amide bonds. The predicted molar refractivity (Wildman–Crippen MR) is 130 cm³/mol. The lowest BCUT2D eigenvalue weighted by Crippen LogP contribution is -2.45. The fourth-order valence-electron chi connectivity index (χ4n) is 5.42. The van der Waals surface area contributed by atoms with E-state index < -0.39 is 0 Å². The second-order valence-electron chi connectivity index (χ2n) is 9.15. The van der Waals surface area contributed by atoms with Gasteiger partial charge in [0, 0.05) is 31.5 Å². The molecule has 0 unspecified atom stereocenters. The van der Waals surface area contributed by atoms with E-state index in [0.29, 0.717) is 6.04 Å². The largest absolute Gasteiger partial charge is 0.338 e. The highest BCUT2D eigenvalue weighted by molar-refractivity contribution is 6.02. The van der Waals surface area contributed by atoms with Crippen LogP contribution in [0.3, 0.4) is 0 Å². The van der Waals surface area contributed by atoms with E-state index >= 15 is 0 Å². The van der Waals surface area contributed by atoms with Crippen molar-refractivity contribution in [2.75, 3.05) is 26.2 Å². The number of nitrogens with zero attached hydrogens (tertiary/aromatic N) is 5. The molecule has 2 aliphatic heterocycles. The number of hydrogen-bond acceptors (Lipinski definition) is 3. The summed E-state index contributed by atoms with van der Waals surface area (Å²) in [7, 11) is 0. The summed E-state index contributed by atoms with van der Waals surface area (Å²) in [6, 6.07) is 20.8. The molecule has 1 aromatic carbocycles. The Hall–Kier alpha value is -3.38. The fourth-order valence-corrected chi connectivity index (χ4v) is 5.42. The Morgan fingerprint density at radius 3 is 2.39 bits per heavy atom. The lowest BCUT2D eigenvalue weighted by atomic mass is 10.0. The summed E-state index contributed by atoms with van der Waals surface area (Å²) in [5.74, 6) is 0.132. The van der Waals surface area contributed by atoms with E-state index in [1.165, 1.54) is 25.9 Å². The third kappa shape index (κ3) is 3.74. The van der Waals surface area contributed by atoms with Crippen LogP contribution in [0.25, 0.3) is 22.6 Å². The van der Waals surface area contributed by atoms with Crippen LogP contribution in [0.15, 0.2) is 73.1 Å². The molecule has 6 nitrogen and oxygen atoms in total. The van der Waals surface area contributed by atoms with Gasteiger partial charge in [-0.15, -0.1) is 0 Å². The second-order valence-corrected chi connectivity index (χ2v) is 9.15. The maximum atomic E-state index is 13.6. The molecule has 2 fully saturated rings.